The summed E-state index contributed by atoms with van der Waals surface area (Å²) in [5.41, 5.74) is -0.474. The van der Waals surface area contributed by atoms with Gasteiger partial charge in [-0.3, -0.25) is 0 Å². The van der Waals surface area contributed by atoms with Crippen molar-refractivity contribution in [2.24, 2.45) is 0 Å². The molecule has 0 aliphatic carbocycles. The SMILES string of the molecule is CCCS(=O)(=O)c1ccc(OC(C)(C)CCO)cc1. The van der Waals surface area contributed by atoms with E-state index >= 15 is 0 Å². The van der Waals surface area contributed by atoms with E-state index < -0.39 is 15.4 Å². The van der Waals surface area contributed by atoms with Gasteiger partial charge < -0.3 is 9.84 Å². The third kappa shape index (κ3) is 4.84. The van der Waals surface area contributed by atoms with Crippen molar-refractivity contribution in [2.45, 2.75) is 44.1 Å². The van der Waals surface area contributed by atoms with E-state index in [4.69, 9.17) is 9.84 Å². The second kappa shape index (κ2) is 6.39. The van der Waals surface area contributed by atoms with Crippen molar-refractivity contribution < 1.29 is 18.3 Å². The second-order valence-electron chi connectivity index (χ2n) is 5.13. The first-order valence-electron chi connectivity index (χ1n) is 6.43. The quantitative estimate of drug-likeness (QED) is 0.836. The Morgan fingerprint density at radius 2 is 1.79 bits per heavy atom. The minimum absolute atomic E-state index is 0.0516. The lowest BCUT2D eigenvalue weighted by Crippen LogP contribution is -2.29. The number of hydrogen-bond acceptors (Lipinski definition) is 4. The first kappa shape index (κ1) is 16.0. The summed E-state index contributed by atoms with van der Waals surface area (Å²) in [6, 6.07) is 6.44. The van der Waals surface area contributed by atoms with Gasteiger partial charge in [-0.1, -0.05) is 6.92 Å². The monoisotopic (exact) mass is 286 g/mol. The Bertz CT molecular complexity index is 489. The van der Waals surface area contributed by atoms with Crippen molar-refractivity contribution in [2.75, 3.05) is 12.4 Å². The van der Waals surface area contributed by atoms with Crippen molar-refractivity contribution in [1.82, 2.24) is 0 Å². The molecule has 0 radical (unpaired) electrons. The lowest BCUT2D eigenvalue weighted by molar-refractivity contribution is 0.0764. The van der Waals surface area contributed by atoms with Gasteiger partial charge in [0.1, 0.15) is 11.4 Å². The predicted molar refractivity (Wildman–Crippen MR) is 75.2 cm³/mol. The van der Waals surface area contributed by atoms with Crippen LogP contribution < -0.4 is 4.74 Å². The summed E-state index contributed by atoms with van der Waals surface area (Å²) in [5, 5.41) is 8.93. The fraction of sp³-hybridized carbons (Fsp3) is 0.571. The number of rotatable bonds is 7. The first-order chi connectivity index (χ1) is 8.80. The van der Waals surface area contributed by atoms with Crippen LogP contribution in [0.1, 0.15) is 33.6 Å². The molecule has 19 heavy (non-hydrogen) atoms. The van der Waals surface area contributed by atoms with Gasteiger partial charge in [-0.05, 0) is 44.5 Å². The highest BCUT2D eigenvalue weighted by Crippen LogP contribution is 2.23. The zero-order valence-electron chi connectivity index (χ0n) is 11.7. The molecule has 4 nitrogen and oxygen atoms in total. The van der Waals surface area contributed by atoms with E-state index in [1.54, 1.807) is 24.3 Å². The zero-order chi connectivity index (χ0) is 14.5. The highest BCUT2D eigenvalue weighted by molar-refractivity contribution is 7.91. The van der Waals surface area contributed by atoms with Crippen LogP contribution in [0.2, 0.25) is 0 Å². The van der Waals surface area contributed by atoms with Crippen LogP contribution in [0.25, 0.3) is 0 Å². The number of aliphatic hydroxyl groups is 1. The fourth-order valence-electron chi connectivity index (χ4n) is 1.74. The molecule has 0 fully saturated rings. The average molecular weight is 286 g/mol. The van der Waals surface area contributed by atoms with E-state index in [0.717, 1.165) is 0 Å². The Labute approximate surface area is 115 Å². The van der Waals surface area contributed by atoms with E-state index in [1.165, 1.54) is 0 Å². The minimum atomic E-state index is -3.18. The fourth-order valence-corrected chi connectivity index (χ4v) is 3.06. The van der Waals surface area contributed by atoms with Crippen molar-refractivity contribution in [3.63, 3.8) is 0 Å². The maximum atomic E-state index is 11.9. The second-order valence-corrected chi connectivity index (χ2v) is 7.23. The molecule has 0 spiro atoms. The summed E-state index contributed by atoms with van der Waals surface area (Å²) in [6.45, 7) is 5.65. The standard InChI is InChI=1S/C14H22O4S/c1-4-11-19(16,17)13-7-5-12(6-8-13)18-14(2,3)9-10-15/h5-8,15H,4,9-11H2,1-3H3. The Hall–Kier alpha value is -1.07. The van der Waals surface area contributed by atoms with Gasteiger partial charge in [0.2, 0.25) is 0 Å². The smallest absolute Gasteiger partial charge is 0.178 e. The molecule has 0 unspecified atom stereocenters. The topological polar surface area (TPSA) is 63.6 Å². The van der Waals surface area contributed by atoms with Gasteiger partial charge in [0.05, 0.1) is 10.6 Å². The molecule has 0 bridgehead atoms. The normalized spacial score (nSPS) is 12.4. The van der Waals surface area contributed by atoms with Crippen LogP contribution in [-0.4, -0.2) is 31.5 Å². The number of sulfone groups is 1. The number of ether oxygens (including phenoxy) is 1. The highest BCUT2D eigenvalue weighted by atomic mass is 32.2. The molecule has 0 amide bonds. The number of hydrogen-bond donors (Lipinski definition) is 1. The van der Waals surface area contributed by atoms with Crippen LogP contribution in [0, 0.1) is 0 Å². The molecule has 1 aromatic rings. The molecule has 0 heterocycles. The molecule has 1 aromatic carbocycles. The van der Waals surface area contributed by atoms with Gasteiger partial charge in [0.15, 0.2) is 9.84 Å². The van der Waals surface area contributed by atoms with E-state index in [1.807, 2.05) is 20.8 Å². The lowest BCUT2D eigenvalue weighted by Gasteiger charge is -2.25. The van der Waals surface area contributed by atoms with E-state index in [2.05, 4.69) is 0 Å². The summed E-state index contributed by atoms with van der Waals surface area (Å²) in [6.07, 6.45) is 1.12. The van der Waals surface area contributed by atoms with E-state index in [-0.39, 0.29) is 12.4 Å². The van der Waals surface area contributed by atoms with Crippen LogP contribution >= 0.6 is 0 Å². The largest absolute Gasteiger partial charge is 0.488 e. The molecular formula is C14H22O4S. The molecule has 0 saturated heterocycles. The van der Waals surface area contributed by atoms with Crippen molar-refractivity contribution >= 4 is 9.84 Å². The predicted octanol–water partition coefficient (Wildman–Crippen LogP) is 2.41. The van der Waals surface area contributed by atoms with Crippen molar-refractivity contribution in [3.8, 4) is 5.75 Å². The third-order valence-corrected chi connectivity index (χ3v) is 4.70. The van der Waals surface area contributed by atoms with Crippen LogP contribution in [-0.2, 0) is 9.84 Å². The van der Waals surface area contributed by atoms with Gasteiger partial charge in [-0.2, -0.15) is 0 Å². The Kier molecular flexibility index (Phi) is 5.38. The first-order valence-corrected chi connectivity index (χ1v) is 8.08. The molecular weight excluding hydrogens is 264 g/mol. The van der Waals surface area contributed by atoms with Crippen molar-refractivity contribution in [3.05, 3.63) is 24.3 Å². The number of aliphatic hydroxyl groups excluding tert-OH is 1. The Morgan fingerprint density at radius 3 is 2.26 bits per heavy atom. The third-order valence-electron chi connectivity index (χ3n) is 2.76. The van der Waals surface area contributed by atoms with Gasteiger partial charge in [-0.25, -0.2) is 8.42 Å². The summed E-state index contributed by atoms with van der Waals surface area (Å²) >= 11 is 0. The molecule has 108 valence electrons. The van der Waals surface area contributed by atoms with Gasteiger partial charge in [0.25, 0.3) is 0 Å². The molecule has 0 aliphatic rings. The highest BCUT2D eigenvalue weighted by Gasteiger charge is 2.19. The van der Waals surface area contributed by atoms with Gasteiger partial charge >= 0.3 is 0 Å². The molecule has 5 heteroatoms. The summed E-state index contributed by atoms with van der Waals surface area (Å²) < 4.78 is 29.4. The van der Waals surface area contributed by atoms with Gasteiger partial charge in [-0.15, -0.1) is 0 Å². The van der Waals surface area contributed by atoms with Crippen molar-refractivity contribution in [1.29, 1.82) is 0 Å². The minimum Gasteiger partial charge on any atom is -0.488 e. The molecule has 0 aliphatic heterocycles. The summed E-state index contributed by atoms with van der Waals surface area (Å²) in [7, 11) is -3.18. The van der Waals surface area contributed by atoms with Crippen LogP contribution in [0.4, 0.5) is 0 Å². The molecule has 0 atom stereocenters. The van der Waals surface area contributed by atoms with Crippen LogP contribution in [0.15, 0.2) is 29.2 Å². The zero-order valence-corrected chi connectivity index (χ0v) is 12.5. The molecule has 1 N–H and O–H groups in total. The summed E-state index contributed by atoms with van der Waals surface area (Å²) in [5.74, 6) is 0.761. The average Bonchev–Trinajstić information content (AvgIpc) is 2.28. The maximum Gasteiger partial charge on any atom is 0.178 e. The van der Waals surface area contributed by atoms with E-state index in [9.17, 15) is 8.42 Å². The molecule has 1 rings (SSSR count). The Balaban J connectivity index is 2.83. The van der Waals surface area contributed by atoms with Crippen LogP contribution in [0.3, 0.4) is 0 Å². The molecule has 0 saturated carbocycles. The lowest BCUT2D eigenvalue weighted by atomic mass is 10.1. The van der Waals surface area contributed by atoms with Gasteiger partial charge in [0, 0.05) is 13.0 Å². The van der Waals surface area contributed by atoms with Crippen LogP contribution in [0.5, 0.6) is 5.75 Å². The maximum absolute atomic E-state index is 11.9. The summed E-state index contributed by atoms with van der Waals surface area (Å²) in [4.78, 5) is 0.321. The Morgan fingerprint density at radius 1 is 1.21 bits per heavy atom. The van der Waals surface area contributed by atoms with E-state index in [0.29, 0.717) is 23.5 Å². The number of benzene rings is 1. The molecule has 0 aromatic heterocycles.